The number of benzene rings is 2. The number of hydrogen-bond donors (Lipinski definition) is 3. The summed E-state index contributed by atoms with van der Waals surface area (Å²) in [6, 6.07) is 9.20. The van der Waals surface area contributed by atoms with Crippen LogP contribution in [0, 0.1) is 19.3 Å². The van der Waals surface area contributed by atoms with E-state index in [-0.39, 0.29) is 23.0 Å². The third-order valence-corrected chi connectivity index (χ3v) is 5.97. The Hall–Kier alpha value is -2.95. The van der Waals surface area contributed by atoms with Gasteiger partial charge in [0.05, 0.1) is 24.5 Å². The second-order valence-corrected chi connectivity index (χ2v) is 8.95. The predicted octanol–water partition coefficient (Wildman–Crippen LogP) is 5.24. The fourth-order valence-electron chi connectivity index (χ4n) is 4.33. The minimum atomic E-state index is -0.320. The molecule has 5 nitrogen and oxygen atoms in total. The molecule has 2 aliphatic rings. The summed E-state index contributed by atoms with van der Waals surface area (Å²) in [5, 5.41) is 17.2. The molecule has 0 unspecified atom stereocenters. The SMILES string of the molecule is COc1cc([C@@H]2Nc3cc(C)c(C)cc3NC3=C2C(=O)CC(C)(C)C3)ccc1O. The van der Waals surface area contributed by atoms with Gasteiger partial charge in [-0.1, -0.05) is 19.9 Å². The van der Waals surface area contributed by atoms with E-state index in [1.165, 1.54) is 18.2 Å². The molecular formula is C24H28N2O3. The molecule has 1 aliphatic carbocycles. The fourth-order valence-corrected chi connectivity index (χ4v) is 4.33. The first-order valence-corrected chi connectivity index (χ1v) is 9.96. The van der Waals surface area contributed by atoms with E-state index in [4.69, 9.17) is 4.74 Å². The Morgan fingerprint density at radius 3 is 2.45 bits per heavy atom. The normalized spacial score (nSPS) is 20.2. The largest absolute Gasteiger partial charge is 0.504 e. The number of anilines is 2. The molecule has 0 amide bonds. The third kappa shape index (κ3) is 3.46. The molecule has 0 saturated heterocycles. The van der Waals surface area contributed by atoms with Crippen molar-refractivity contribution in [2.45, 2.75) is 46.6 Å². The van der Waals surface area contributed by atoms with Crippen LogP contribution in [0.25, 0.3) is 0 Å². The summed E-state index contributed by atoms with van der Waals surface area (Å²) in [5.74, 6) is 0.627. The standard InChI is InChI=1S/C24H28N2O3/c1-13-8-16-17(9-14(13)2)26-23(15-6-7-19(27)21(10-15)29-5)22-18(25-16)11-24(3,4)12-20(22)28/h6-10,23,25-27H,11-12H2,1-5H3/t23-/m0/s1. The molecule has 0 fully saturated rings. The number of nitrogens with one attached hydrogen (secondary N) is 2. The topological polar surface area (TPSA) is 70.6 Å². The van der Waals surface area contributed by atoms with Crippen molar-refractivity contribution in [3.05, 3.63) is 58.3 Å². The Bertz CT molecular complexity index is 1040. The number of ketones is 1. The van der Waals surface area contributed by atoms with Gasteiger partial charge in [0.25, 0.3) is 0 Å². The van der Waals surface area contributed by atoms with Gasteiger partial charge >= 0.3 is 0 Å². The number of aryl methyl sites for hydroxylation is 2. The summed E-state index contributed by atoms with van der Waals surface area (Å²) in [6.45, 7) is 8.45. The second kappa shape index (κ2) is 6.83. The Balaban J connectivity index is 1.91. The number of methoxy groups -OCH3 is 1. The molecule has 1 atom stereocenters. The van der Waals surface area contributed by atoms with Crippen LogP contribution in [0.5, 0.6) is 11.5 Å². The molecule has 0 radical (unpaired) electrons. The molecule has 1 aliphatic heterocycles. The number of fused-ring (bicyclic) bond motifs is 1. The monoisotopic (exact) mass is 392 g/mol. The van der Waals surface area contributed by atoms with Gasteiger partial charge in [-0.05, 0) is 66.6 Å². The van der Waals surface area contributed by atoms with E-state index in [1.54, 1.807) is 12.1 Å². The maximum absolute atomic E-state index is 13.3. The minimum Gasteiger partial charge on any atom is -0.504 e. The van der Waals surface area contributed by atoms with Crippen molar-refractivity contribution in [2.75, 3.05) is 17.7 Å². The summed E-state index contributed by atoms with van der Waals surface area (Å²) in [6.07, 6.45) is 1.31. The number of Topliss-reactive ketones (excluding diaryl/α,β-unsaturated/α-hetero) is 1. The fraction of sp³-hybridized carbons (Fsp3) is 0.375. The van der Waals surface area contributed by atoms with E-state index >= 15 is 0 Å². The number of allylic oxidation sites excluding steroid dienone is 1. The van der Waals surface area contributed by atoms with Crippen molar-refractivity contribution in [3.8, 4) is 11.5 Å². The zero-order valence-corrected chi connectivity index (χ0v) is 17.6. The van der Waals surface area contributed by atoms with E-state index in [1.807, 2.05) is 6.07 Å². The lowest BCUT2D eigenvalue weighted by atomic mass is 9.73. The van der Waals surface area contributed by atoms with Crippen LogP contribution in [0.4, 0.5) is 11.4 Å². The van der Waals surface area contributed by atoms with Crippen LogP contribution >= 0.6 is 0 Å². The van der Waals surface area contributed by atoms with Crippen molar-refractivity contribution in [3.63, 3.8) is 0 Å². The smallest absolute Gasteiger partial charge is 0.163 e. The van der Waals surface area contributed by atoms with Gasteiger partial charge < -0.3 is 20.5 Å². The van der Waals surface area contributed by atoms with E-state index in [2.05, 4.69) is 50.5 Å². The van der Waals surface area contributed by atoms with Crippen LogP contribution in [-0.4, -0.2) is 18.0 Å². The summed E-state index contributed by atoms with van der Waals surface area (Å²) in [5.41, 5.74) is 6.86. The first-order chi connectivity index (χ1) is 13.7. The van der Waals surface area contributed by atoms with Gasteiger partial charge in [0.15, 0.2) is 17.3 Å². The lowest BCUT2D eigenvalue weighted by Crippen LogP contribution is -2.31. The molecular weight excluding hydrogens is 364 g/mol. The Morgan fingerprint density at radius 1 is 1.07 bits per heavy atom. The van der Waals surface area contributed by atoms with Crippen LogP contribution < -0.4 is 15.4 Å². The van der Waals surface area contributed by atoms with Crippen molar-refractivity contribution in [1.29, 1.82) is 0 Å². The van der Waals surface area contributed by atoms with Gasteiger partial charge in [0.1, 0.15) is 0 Å². The summed E-state index contributed by atoms with van der Waals surface area (Å²) in [4.78, 5) is 13.3. The van der Waals surface area contributed by atoms with Gasteiger partial charge in [0, 0.05) is 17.7 Å². The summed E-state index contributed by atoms with van der Waals surface area (Å²) >= 11 is 0. The zero-order valence-electron chi connectivity index (χ0n) is 17.6. The molecule has 0 spiro atoms. The van der Waals surface area contributed by atoms with E-state index in [9.17, 15) is 9.90 Å². The van der Waals surface area contributed by atoms with Crippen molar-refractivity contribution >= 4 is 17.2 Å². The predicted molar refractivity (Wildman–Crippen MR) is 116 cm³/mol. The average Bonchev–Trinajstić information content (AvgIpc) is 2.78. The number of aromatic hydroxyl groups is 1. The van der Waals surface area contributed by atoms with Crippen LogP contribution in [0.2, 0.25) is 0 Å². The maximum atomic E-state index is 13.3. The Morgan fingerprint density at radius 2 is 1.76 bits per heavy atom. The molecule has 1 heterocycles. The number of ether oxygens (including phenoxy) is 1. The Kier molecular flexibility index (Phi) is 4.56. The minimum absolute atomic E-state index is 0.0835. The summed E-state index contributed by atoms with van der Waals surface area (Å²) < 4.78 is 5.31. The third-order valence-electron chi connectivity index (χ3n) is 5.97. The molecule has 0 bridgehead atoms. The number of phenolic OH excluding ortho intramolecular Hbond substituents is 1. The molecule has 0 aromatic heterocycles. The number of rotatable bonds is 2. The van der Waals surface area contributed by atoms with Crippen LogP contribution in [0.3, 0.4) is 0 Å². The van der Waals surface area contributed by atoms with E-state index in [0.717, 1.165) is 34.6 Å². The number of carbonyl (C=O) groups excluding carboxylic acids is 1. The quantitative estimate of drug-likeness (QED) is 0.652. The molecule has 2 aromatic carbocycles. The van der Waals surface area contributed by atoms with Gasteiger partial charge in [-0.15, -0.1) is 0 Å². The highest BCUT2D eigenvalue weighted by atomic mass is 16.5. The summed E-state index contributed by atoms with van der Waals surface area (Å²) in [7, 11) is 1.53. The highest BCUT2D eigenvalue weighted by Gasteiger charge is 2.39. The van der Waals surface area contributed by atoms with Crippen molar-refractivity contribution in [2.24, 2.45) is 5.41 Å². The van der Waals surface area contributed by atoms with Crippen molar-refractivity contribution < 1.29 is 14.6 Å². The zero-order chi connectivity index (χ0) is 20.9. The highest BCUT2D eigenvalue weighted by Crippen LogP contribution is 2.46. The number of hydrogen-bond acceptors (Lipinski definition) is 5. The second-order valence-electron chi connectivity index (χ2n) is 8.95. The van der Waals surface area contributed by atoms with E-state index in [0.29, 0.717) is 12.2 Å². The molecule has 29 heavy (non-hydrogen) atoms. The molecule has 5 heteroatoms. The number of carbonyl (C=O) groups is 1. The molecule has 152 valence electrons. The maximum Gasteiger partial charge on any atom is 0.163 e. The van der Waals surface area contributed by atoms with Gasteiger partial charge in [0.2, 0.25) is 0 Å². The highest BCUT2D eigenvalue weighted by molar-refractivity contribution is 6.01. The molecule has 0 saturated carbocycles. The van der Waals surface area contributed by atoms with Crippen LogP contribution in [0.1, 0.15) is 49.4 Å². The number of phenols is 1. The lowest BCUT2D eigenvalue weighted by Gasteiger charge is -2.34. The van der Waals surface area contributed by atoms with Crippen molar-refractivity contribution in [1.82, 2.24) is 0 Å². The van der Waals surface area contributed by atoms with Crippen LogP contribution in [-0.2, 0) is 4.79 Å². The lowest BCUT2D eigenvalue weighted by molar-refractivity contribution is -0.118. The van der Waals surface area contributed by atoms with Crippen LogP contribution in [0.15, 0.2) is 41.6 Å². The average molecular weight is 392 g/mol. The Labute approximate surface area is 171 Å². The van der Waals surface area contributed by atoms with Gasteiger partial charge in [-0.3, -0.25) is 4.79 Å². The molecule has 3 N–H and O–H groups in total. The van der Waals surface area contributed by atoms with Gasteiger partial charge in [-0.25, -0.2) is 0 Å². The first-order valence-electron chi connectivity index (χ1n) is 9.96. The van der Waals surface area contributed by atoms with Gasteiger partial charge in [-0.2, -0.15) is 0 Å². The first kappa shape index (κ1) is 19.4. The molecule has 4 rings (SSSR count). The molecule has 2 aromatic rings. The van der Waals surface area contributed by atoms with E-state index < -0.39 is 0 Å².